The topological polar surface area (TPSA) is 108 Å². The molecule has 0 bridgehead atoms. The van der Waals surface area contributed by atoms with Crippen LogP contribution in [0.5, 0.6) is 11.5 Å². The predicted molar refractivity (Wildman–Crippen MR) is 136 cm³/mol. The number of furan rings is 1. The van der Waals surface area contributed by atoms with Crippen molar-refractivity contribution in [1.29, 1.82) is 0 Å². The van der Waals surface area contributed by atoms with E-state index in [2.05, 4.69) is 15.8 Å². The number of carbonyl (C=O) groups excluding carboxylic acids is 2. The molecule has 37 heavy (non-hydrogen) atoms. The Balaban J connectivity index is 1.18. The molecular weight excluding hydrogens is 472 g/mol. The van der Waals surface area contributed by atoms with Crippen LogP contribution in [-0.4, -0.2) is 21.4 Å². The quantitative estimate of drug-likeness (QED) is 0.296. The summed E-state index contributed by atoms with van der Waals surface area (Å²) in [7, 11) is 0. The molecule has 5 aromatic rings. The van der Waals surface area contributed by atoms with Crippen molar-refractivity contribution in [2.24, 2.45) is 0 Å². The predicted octanol–water partition coefficient (Wildman–Crippen LogP) is 4.25. The molecule has 0 atom stereocenters. The van der Waals surface area contributed by atoms with Crippen molar-refractivity contribution in [2.75, 3.05) is 0 Å². The van der Waals surface area contributed by atoms with Crippen LogP contribution < -0.4 is 20.3 Å². The largest absolute Gasteiger partial charge is 0.486 e. The molecule has 2 N–H and O–H groups in total. The lowest BCUT2D eigenvalue weighted by molar-refractivity contribution is -0.122. The number of para-hydroxylation sites is 4. The molecule has 0 radical (unpaired) electrons. The Bertz CT molecular complexity index is 1500. The Morgan fingerprint density at radius 3 is 2.14 bits per heavy atom. The van der Waals surface area contributed by atoms with E-state index in [-0.39, 0.29) is 25.5 Å². The normalized spacial score (nSPS) is 10.7. The van der Waals surface area contributed by atoms with Crippen LogP contribution in [0.2, 0.25) is 0 Å². The average molecular weight is 497 g/mol. The van der Waals surface area contributed by atoms with Crippen molar-refractivity contribution in [2.45, 2.75) is 19.8 Å². The van der Waals surface area contributed by atoms with Gasteiger partial charge in [-0.25, -0.2) is 4.98 Å². The van der Waals surface area contributed by atoms with Crippen LogP contribution in [0.15, 0.2) is 101 Å². The number of carbonyl (C=O) groups is 2. The molecule has 2 aromatic heterocycles. The number of fused-ring (bicyclic) bond motifs is 1. The number of nitrogens with one attached hydrogen (secondary N) is 2. The van der Waals surface area contributed by atoms with Crippen LogP contribution in [-0.2, 0) is 24.6 Å². The summed E-state index contributed by atoms with van der Waals surface area (Å²) in [5.41, 5.74) is 6.34. The van der Waals surface area contributed by atoms with Gasteiger partial charge in [0.2, 0.25) is 0 Å². The summed E-state index contributed by atoms with van der Waals surface area (Å²) in [4.78, 5) is 29.8. The summed E-state index contributed by atoms with van der Waals surface area (Å²) in [6, 6.07) is 29.3. The van der Waals surface area contributed by atoms with Crippen molar-refractivity contribution in [1.82, 2.24) is 20.4 Å². The fraction of sp³-hybridized carbons (Fsp3) is 0.107. The fourth-order valence-electron chi connectivity index (χ4n) is 3.70. The lowest BCUT2D eigenvalue weighted by atomic mass is 10.3. The second-order valence-corrected chi connectivity index (χ2v) is 8.07. The molecule has 0 saturated heterocycles. The Labute approximate surface area is 212 Å². The molecule has 186 valence electrons. The van der Waals surface area contributed by atoms with Crippen LogP contribution in [0.1, 0.15) is 22.1 Å². The first-order valence-corrected chi connectivity index (χ1v) is 11.6. The Morgan fingerprint density at radius 2 is 1.41 bits per heavy atom. The first kappa shape index (κ1) is 23.7. The fourth-order valence-corrected chi connectivity index (χ4v) is 3.70. The Kier molecular flexibility index (Phi) is 7.12. The number of hydrogen-bond acceptors (Lipinski definition) is 6. The van der Waals surface area contributed by atoms with E-state index in [1.807, 2.05) is 84.9 Å². The highest BCUT2D eigenvalue weighted by molar-refractivity contribution is 5.93. The van der Waals surface area contributed by atoms with E-state index in [1.165, 1.54) is 6.07 Å². The van der Waals surface area contributed by atoms with E-state index in [1.54, 1.807) is 10.6 Å². The molecular formula is C28H24N4O5. The zero-order valence-electron chi connectivity index (χ0n) is 19.8. The van der Waals surface area contributed by atoms with Gasteiger partial charge in [0.05, 0.1) is 11.0 Å². The van der Waals surface area contributed by atoms with Crippen LogP contribution in [0.3, 0.4) is 0 Å². The van der Waals surface area contributed by atoms with E-state index in [0.717, 1.165) is 11.0 Å². The third-order valence-electron chi connectivity index (χ3n) is 5.47. The van der Waals surface area contributed by atoms with Crippen molar-refractivity contribution in [3.05, 3.63) is 114 Å². The van der Waals surface area contributed by atoms with Gasteiger partial charge in [0.15, 0.2) is 5.76 Å². The monoisotopic (exact) mass is 496 g/mol. The summed E-state index contributed by atoms with van der Waals surface area (Å²) >= 11 is 0. The number of aromatic nitrogens is 2. The number of hydrogen-bond donors (Lipinski definition) is 2. The maximum Gasteiger partial charge on any atom is 0.305 e. The molecule has 2 heterocycles. The molecule has 2 amide bonds. The maximum atomic E-state index is 12.7. The van der Waals surface area contributed by atoms with E-state index in [4.69, 9.17) is 13.9 Å². The van der Waals surface area contributed by atoms with Crippen molar-refractivity contribution in [3.8, 4) is 11.5 Å². The highest BCUT2D eigenvalue weighted by Gasteiger charge is 2.16. The number of hydrazine groups is 1. The lowest BCUT2D eigenvalue weighted by Gasteiger charge is -2.11. The second kappa shape index (κ2) is 11.1. The third kappa shape index (κ3) is 5.96. The molecule has 0 unspecified atom stereocenters. The highest BCUT2D eigenvalue weighted by atomic mass is 16.5. The summed E-state index contributed by atoms with van der Waals surface area (Å²) in [5, 5.41) is 0. The van der Waals surface area contributed by atoms with Crippen molar-refractivity contribution in [3.63, 3.8) is 0 Å². The van der Waals surface area contributed by atoms with Gasteiger partial charge in [0.25, 0.3) is 5.91 Å². The molecule has 9 heteroatoms. The molecule has 0 saturated carbocycles. The molecule has 9 nitrogen and oxygen atoms in total. The first-order valence-electron chi connectivity index (χ1n) is 11.6. The van der Waals surface area contributed by atoms with Crippen LogP contribution in [0.4, 0.5) is 0 Å². The van der Waals surface area contributed by atoms with Gasteiger partial charge in [0.1, 0.15) is 42.8 Å². The molecule has 0 aliphatic carbocycles. The van der Waals surface area contributed by atoms with Gasteiger partial charge < -0.3 is 18.5 Å². The number of imidazole rings is 1. The zero-order valence-corrected chi connectivity index (χ0v) is 19.8. The van der Waals surface area contributed by atoms with E-state index >= 15 is 0 Å². The Hall–Kier alpha value is -5.05. The standard InChI is InChI=1S/C28H24N4O5/c33-27(30-31-28(34)25-16-15-22(37-25)18-35-20-9-3-1-4-10-20)17-32-24-14-8-7-13-23(24)29-26(32)19-36-21-11-5-2-6-12-21/h1-16H,17-19H2,(H,30,33)(H,31,34). The van der Waals surface area contributed by atoms with Crippen LogP contribution in [0.25, 0.3) is 11.0 Å². The number of ether oxygens (including phenoxy) is 2. The minimum absolute atomic E-state index is 0.0528. The molecule has 0 aliphatic rings. The Morgan fingerprint density at radius 1 is 0.757 bits per heavy atom. The summed E-state index contributed by atoms with van der Waals surface area (Å²) in [6.45, 7) is 0.284. The van der Waals surface area contributed by atoms with Gasteiger partial charge in [-0.15, -0.1) is 0 Å². The number of rotatable bonds is 9. The van der Waals surface area contributed by atoms with Gasteiger partial charge in [-0.1, -0.05) is 48.5 Å². The lowest BCUT2D eigenvalue weighted by Crippen LogP contribution is -2.43. The highest BCUT2D eigenvalue weighted by Crippen LogP contribution is 2.18. The van der Waals surface area contributed by atoms with Gasteiger partial charge in [-0.05, 0) is 48.5 Å². The van der Waals surface area contributed by atoms with Gasteiger partial charge in [-0.3, -0.25) is 20.4 Å². The number of benzene rings is 3. The number of amides is 2. The van der Waals surface area contributed by atoms with Gasteiger partial charge in [0, 0.05) is 0 Å². The van der Waals surface area contributed by atoms with E-state index in [0.29, 0.717) is 23.1 Å². The molecule has 0 spiro atoms. The van der Waals surface area contributed by atoms with Crippen LogP contribution in [0, 0.1) is 0 Å². The SMILES string of the molecule is O=C(Cn1c(COc2ccccc2)nc2ccccc21)NNC(=O)c1ccc(COc2ccccc2)o1. The smallest absolute Gasteiger partial charge is 0.305 e. The van der Waals surface area contributed by atoms with Crippen LogP contribution >= 0.6 is 0 Å². The second-order valence-electron chi connectivity index (χ2n) is 8.07. The summed E-state index contributed by atoms with van der Waals surface area (Å²) < 4.78 is 18.8. The third-order valence-corrected chi connectivity index (χ3v) is 5.47. The minimum Gasteiger partial charge on any atom is -0.486 e. The number of nitrogens with zero attached hydrogens (tertiary/aromatic N) is 2. The van der Waals surface area contributed by atoms with E-state index < -0.39 is 11.8 Å². The molecule has 3 aromatic carbocycles. The molecule has 0 aliphatic heterocycles. The van der Waals surface area contributed by atoms with Crippen molar-refractivity contribution < 1.29 is 23.5 Å². The minimum atomic E-state index is -0.581. The average Bonchev–Trinajstić information content (AvgIpc) is 3.56. The van der Waals surface area contributed by atoms with Gasteiger partial charge >= 0.3 is 5.91 Å². The summed E-state index contributed by atoms with van der Waals surface area (Å²) in [6.07, 6.45) is 0. The summed E-state index contributed by atoms with van der Waals surface area (Å²) in [5.74, 6) is 1.49. The maximum absolute atomic E-state index is 12.7. The zero-order chi connectivity index (χ0) is 25.5. The first-order chi connectivity index (χ1) is 18.2. The molecule has 0 fully saturated rings. The van der Waals surface area contributed by atoms with E-state index in [9.17, 15) is 9.59 Å². The van der Waals surface area contributed by atoms with Crippen molar-refractivity contribution >= 4 is 22.8 Å². The van der Waals surface area contributed by atoms with Gasteiger partial charge in [-0.2, -0.15) is 0 Å². The molecule has 5 rings (SSSR count).